The van der Waals surface area contributed by atoms with E-state index in [0.29, 0.717) is 0 Å². The van der Waals surface area contributed by atoms with Gasteiger partial charge in [-0.05, 0) is 65.8 Å². The molecule has 0 radical (unpaired) electrons. The van der Waals surface area contributed by atoms with Crippen molar-refractivity contribution in [2.45, 2.75) is 41.2 Å². The molecule has 2 heterocycles. The Bertz CT molecular complexity index is 1420. The molecule has 0 bridgehead atoms. The lowest BCUT2D eigenvalue weighted by Crippen LogP contribution is -2.26. The molecule has 3 N–H and O–H groups in total. The quantitative estimate of drug-likeness (QED) is 0.293. The first-order valence-electron chi connectivity index (χ1n) is 11.5. The second-order valence-corrected chi connectivity index (χ2v) is 10.2. The monoisotopic (exact) mass is 437 g/mol. The van der Waals surface area contributed by atoms with E-state index in [-0.39, 0.29) is 5.41 Å². The molecule has 0 saturated carbocycles. The van der Waals surface area contributed by atoms with Crippen molar-refractivity contribution in [3.63, 3.8) is 0 Å². The van der Waals surface area contributed by atoms with Crippen LogP contribution in [0.5, 0.6) is 0 Å². The molecule has 0 aliphatic carbocycles. The number of aromatic amines is 2. The first-order chi connectivity index (χ1) is 15.8. The van der Waals surface area contributed by atoms with Crippen LogP contribution in [0.1, 0.15) is 37.5 Å². The largest absolute Gasteiger partial charge is 0.337 e. The first kappa shape index (κ1) is 21.4. The number of rotatable bonds is 5. The molecule has 2 aromatic heterocycles. The third-order valence-electron chi connectivity index (χ3n) is 6.12. The van der Waals surface area contributed by atoms with Crippen molar-refractivity contribution in [3.8, 4) is 22.6 Å². The Labute approximate surface area is 194 Å². The average molecular weight is 438 g/mol. The van der Waals surface area contributed by atoms with Gasteiger partial charge in [0.1, 0.15) is 5.69 Å². The Morgan fingerprint density at radius 1 is 0.939 bits per heavy atom. The minimum Gasteiger partial charge on any atom is -0.337 e. The van der Waals surface area contributed by atoms with Gasteiger partial charge in [0.2, 0.25) is 0 Å². The van der Waals surface area contributed by atoms with E-state index in [1.165, 1.54) is 27.8 Å². The molecule has 0 saturated heterocycles. The molecular weight excluding hydrogens is 406 g/mol. The van der Waals surface area contributed by atoms with Gasteiger partial charge < -0.3 is 10.3 Å². The fraction of sp³-hybridized carbons (Fsp3) is 0.286. The van der Waals surface area contributed by atoms with Crippen LogP contribution in [-0.2, 0) is 6.54 Å². The standard InChI is InChI=1S/C28H31N5/c1-17-12-20(15-29-16-28(3,4)5)18(2)21(13-17)19-10-11-23-22(14-19)26(33-32-23)27-30-24-8-6-7-9-25(24)31-27/h6-14,29H,15-16H2,1-5H3,(H,30,31)(H,32,33). The molecule has 0 spiro atoms. The predicted octanol–water partition coefficient (Wildman–Crippen LogP) is 6.53. The summed E-state index contributed by atoms with van der Waals surface area (Å²) >= 11 is 0. The summed E-state index contributed by atoms with van der Waals surface area (Å²) < 4.78 is 0. The SMILES string of the molecule is Cc1cc(CNCC(C)(C)C)c(C)c(-c2ccc3[nH]nc(-c4nc5ccccc5[nH]4)c3c2)c1. The Morgan fingerprint density at radius 3 is 2.55 bits per heavy atom. The Balaban J connectivity index is 1.54. The lowest BCUT2D eigenvalue weighted by atomic mass is 9.92. The van der Waals surface area contributed by atoms with Gasteiger partial charge in [0.05, 0.1) is 16.6 Å². The van der Waals surface area contributed by atoms with E-state index in [1.54, 1.807) is 0 Å². The van der Waals surface area contributed by atoms with E-state index in [4.69, 9.17) is 4.98 Å². The lowest BCUT2D eigenvalue weighted by Gasteiger charge is -2.20. The highest BCUT2D eigenvalue weighted by atomic mass is 15.1. The molecule has 5 aromatic rings. The maximum absolute atomic E-state index is 4.76. The summed E-state index contributed by atoms with van der Waals surface area (Å²) in [5.74, 6) is 0.785. The van der Waals surface area contributed by atoms with Crippen LogP contribution in [0.4, 0.5) is 0 Å². The summed E-state index contributed by atoms with van der Waals surface area (Å²) in [7, 11) is 0. The Hall–Kier alpha value is -3.44. The lowest BCUT2D eigenvalue weighted by molar-refractivity contribution is 0.379. The third-order valence-corrected chi connectivity index (χ3v) is 6.12. The molecule has 33 heavy (non-hydrogen) atoms. The Kier molecular flexibility index (Phi) is 5.29. The minimum absolute atomic E-state index is 0.264. The molecule has 0 aliphatic rings. The van der Waals surface area contributed by atoms with E-state index >= 15 is 0 Å². The summed E-state index contributed by atoms with van der Waals surface area (Å²) in [5.41, 5.74) is 10.5. The smallest absolute Gasteiger partial charge is 0.159 e. The molecule has 3 aromatic carbocycles. The third kappa shape index (κ3) is 4.29. The van der Waals surface area contributed by atoms with Gasteiger partial charge in [-0.1, -0.05) is 56.7 Å². The number of benzene rings is 3. The number of nitrogens with one attached hydrogen (secondary N) is 3. The molecule has 0 amide bonds. The number of hydrogen-bond acceptors (Lipinski definition) is 3. The van der Waals surface area contributed by atoms with Gasteiger partial charge in [0.15, 0.2) is 5.82 Å². The molecule has 5 nitrogen and oxygen atoms in total. The zero-order valence-electron chi connectivity index (χ0n) is 20.0. The first-order valence-corrected chi connectivity index (χ1v) is 11.5. The highest BCUT2D eigenvalue weighted by molar-refractivity contribution is 5.96. The summed E-state index contributed by atoms with van der Waals surface area (Å²) in [4.78, 5) is 8.17. The molecule has 0 fully saturated rings. The van der Waals surface area contributed by atoms with E-state index in [9.17, 15) is 0 Å². The van der Waals surface area contributed by atoms with Crippen LogP contribution in [0.25, 0.3) is 44.6 Å². The van der Waals surface area contributed by atoms with Gasteiger partial charge in [-0.15, -0.1) is 0 Å². The number of imidazole rings is 1. The number of hydrogen-bond donors (Lipinski definition) is 3. The van der Waals surface area contributed by atoms with Crippen LogP contribution in [0.3, 0.4) is 0 Å². The van der Waals surface area contributed by atoms with Crippen LogP contribution >= 0.6 is 0 Å². The van der Waals surface area contributed by atoms with Crippen molar-refractivity contribution in [1.29, 1.82) is 0 Å². The fourth-order valence-electron chi connectivity index (χ4n) is 4.42. The van der Waals surface area contributed by atoms with E-state index in [0.717, 1.165) is 46.5 Å². The molecular formula is C28H31N5. The topological polar surface area (TPSA) is 69.4 Å². The van der Waals surface area contributed by atoms with Crippen LogP contribution in [0.15, 0.2) is 54.6 Å². The van der Waals surface area contributed by atoms with Gasteiger partial charge in [-0.3, -0.25) is 5.10 Å². The van der Waals surface area contributed by atoms with Crippen molar-refractivity contribution in [2.24, 2.45) is 5.41 Å². The van der Waals surface area contributed by atoms with Gasteiger partial charge in [0, 0.05) is 18.5 Å². The van der Waals surface area contributed by atoms with Gasteiger partial charge in [0.25, 0.3) is 0 Å². The average Bonchev–Trinajstić information content (AvgIpc) is 3.38. The Morgan fingerprint density at radius 2 is 1.76 bits per heavy atom. The normalized spacial score (nSPS) is 12.2. The number of fused-ring (bicyclic) bond motifs is 2. The molecule has 0 unspecified atom stereocenters. The maximum atomic E-state index is 4.76. The van der Waals surface area contributed by atoms with Crippen molar-refractivity contribution in [1.82, 2.24) is 25.5 Å². The van der Waals surface area contributed by atoms with Gasteiger partial charge in [-0.25, -0.2) is 4.98 Å². The maximum Gasteiger partial charge on any atom is 0.159 e. The number of H-pyrrole nitrogens is 2. The molecule has 0 atom stereocenters. The van der Waals surface area contributed by atoms with Crippen LogP contribution in [0.2, 0.25) is 0 Å². The molecule has 0 aliphatic heterocycles. The van der Waals surface area contributed by atoms with Crippen molar-refractivity contribution < 1.29 is 0 Å². The second kappa shape index (κ2) is 8.16. The van der Waals surface area contributed by atoms with Crippen LogP contribution in [0, 0.1) is 19.3 Å². The van der Waals surface area contributed by atoms with Crippen LogP contribution < -0.4 is 5.32 Å². The predicted molar refractivity (Wildman–Crippen MR) is 137 cm³/mol. The molecule has 5 heteroatoms. The summed E-state index contributed by atoms with van der Waals surface area (Å²) in [6.45, 7) is 13.0. The highest BCUT2D eigenvalue weighted by Crippen LogP contribution is 2.33. The van der Waals surface area contributed by atoms with E-state index < -0.39 is 0 Å². The highest BCUT2D eigenvalue weighted by Gasteiger charge is 2.15. The van der Waals surface area contributed by atoms with E-state index in [2.05, 4.69) is 85.4 Å². The number of para-hydroxylation sites is 2. The molecule has 168 valence electrons. The minimum atomic E-state index is 0.264. The second-order valence-electron chi connectivity index (χ2n) is 10.2. The number of aromatic nitrogens is 4. The van der Waals surface area contributed by atoms with Crippen LogP contribution in [-0.4, -0.2) is 26.7 Å². The van der Waals surface area contributed by atoms with Crippen molar-refractivity contribution in [3.05, 3.63) is 71.3 Å². The number of aryl methyl sites for hydroxylation is 1. The summed E-state index contributed by atoms with van der Waals surface area (Å²) in [6, 6.07) is 19.2. The van der Waals surface area contributed by atoms with Crippen molar-refractivity contribution in [2.75, 3.05) is 6.54 Å². The van der Waals surface area contributed by atoms with E-state index in [1.807, 2.05) is 24.3 Å². The zero-order chi connectivity index (χ0) is 23.2. The number of nitrogens with zero attached hydrogens (tertiary/aromatic N) is 2. The zero-order valence-corrected chi connectivity index (χ0v) is 20.0. The van der Waals surface area contributed by atoms with Crippen molar-refractivity contribution >= 4 is 21.9 Å². The summed E-state index contributed by atoms with van der Waals surface area (Å²) in [6.07, 6.45) is 0. The van der Waals surface area contributed by atoms with Gasteiger partial charge in [-0.2, -0.15) is 5.10 Å². The summed E-state index contributed by atoms with van der Waals surface area (Å²) in [5, 5.41) is 12.5. The molecule has 5 rings (SSSR count). The van der Waals surface area contributed by atoms with Gasteiger partial charge >= 0.3 is 0 Å². The fourth-order valence-corrected chi connectivity index (χ4v) is 4.42.